The van der Waals surface area contributed by atoms with Gasteiger partial charge in [0.25, 0.3) is 5.91 Å². The molecule has 0 aliphatic heterocycles. The second-order valence-electron chi connectivity index (χ2n) is 3.57. The van der Waals surface area contributed by atoms with E-state index in [0.29, 0.717) is 12.5 Å². The Kier molecular flexibility index (Phi) is 5.22. The lowest BCUT2D eigenvalue weighted by Crippen LogP contribution is -2.29. The molecule has 0 aliphatic rings. The van der Waals surface area contributed by atoms with Crippen molar-refractivity contribution in [1.29, 1.82) is 0 Å². The van der Waals surface area contributed by atoms with Crippen LogP contribution in [0.3, 0.4) is 0 Å². The highest BCUT2D eigenvalue weighted by Crippen LogP contribution is 2.17. The van der Waals surface area contributed by atoms with E-state index in [2.05, 4.69) is 21.2 Å². The molecular formula is C11H12BrClFNO. The van der Waals surface area contributed by atoms with Crippen molar-refractivity contribution in [3.63, 3.8) is 0 Å². The Hall–Kier alpha value is -0.610. The molecule has 1 amide bonds. The van der Waals surface area contributed by atoms with E-state index in [-0.39, 0.29) is 10.6 Å². The van der Waals surface area contributed by atoms with Gasteiger partial charge in [-0.15, -0.1) is 0 Å². The smallest absolute Gasteiger partial charge is 0.254 e. The predicted octanol–water partition coefficient (Wildman–Crippen LogP) is 3.24. The van der Waals surface area contributed by atoms with Gasteiger partial charge in [0.2, 0.25) is 0 Å². The summed E-state index contributed by atoms with van der Waals surface area (Å²) in [5, 5.41) is 3.39. The second kappa shape index (κ2) is 6.21. The van der Waals surface area contributed by atoms with Gasteiger partial charge in [0.1, 0.15) is 0 Å². The molecule has 0 aromatic heterocycles. The van der Waals surface area contributed by atoms with Gasteiger partial charge in [0, 0.05) is 11.9 Å². The molecule has 1 aromatic carbocycles. The normalized spacial score (nSPS) is 12.2. The van der Waals surface area contributed by atoms with Crippen LogP contribution in [0, 0.1) is 11.7 Å². The number of carbonyl (C=O) groups excluding carboxylic acids is 1. The minimum atomic E-state index is -0.673. The predicted molar refractivity (Wildman–Crippen MR) is 66.7 cm³/mol. The highest BCUT2D eigenvalue weighted by Gasteiger charge is 2.14. The molecule has 0 saturated carbocycles. The molecule has 5 heteroatoms. The Morgan fingerprint density at radius 2 is 2.31 bits per heavy atom. The summed E-state index contributed by atoms with van der Waals surface area (Å²) < 4.78 is 13.5. The van der Waals surface area contributed by atoms with Gasteiger partial charge < -0.3 is 5.32 Å². The van der Waals surface area contributed by atoms with Crippen LogP contribution in [0.25, 0.3) is 0 Å². The van der Waals surface area contributed by atoms with Crippen molar-refractivity contribution in [3.8, 4) is 0 Å². The standard InChI is InChI=1S/C11H12BrClFNO/c1-7(5-12)6-15-11(16)8-3-2-4-9(13)10(8)14/h2-4,7H,5-6H2,1H3,(H,15,16). The molecule has 1 rings (SSSR count). The van der Waals surface area contributed by atoms with Crippen LogP contribution in [-0.4, -0.2) is 17.8 Å². The lowest BCUT2D eigenvalue weighted by Gasteiger charge is -2.10. The van der Waals surface area contributed by atoms with Gasteiger partial charge in [-0.2, -0.15) is 0 Å². The van der Waals surface area contributed by atoms with Crippen LogP contribution < -0.4 is 5.32 Å². The molecule has 2 nitrogen and oxygen atoms in total. The van der Waals surface area contributed by atoms with Gasteiger partial charge in [-0.1, -0.05) is 40.5 Å². The van der Waals surface area contributed by atoms with Crippen molar-refractivity contribution in [1.82, 2.24) is 5.32 Å². The van der Waals surface area contributed by atoms with Crippen molar-refractivity contribution >= 4 is 33.4 Å². The van der Waals surface area contributed by atoms with E-state index in [4.69, 9.17) is 11.6 Å². The van der Waals surface area contributed by atoms with Crippen molar-refractivity contribution in [2.24, 2.45) is 5.92 Å². The zero-order valence-corrected chi connectivity index (χ0v) is 11.1. The number of halogens is 3. The van der Waals surface area contributed by atoms with Crippen LogP contribution in [-0.2, 0) is 0 Å². The summed E-state index contributed by atoms with van der Waals surface area (Å²) in [5.41, 5.74) is -0.0192. The van der Waals surface area contributed by atoms with E-state index >= 15 is 0 Å². The Balaban J connectivity index is 2.70. The molecular weight excluding hydrogens is 296 g/mol. The minimum Gasteiger partial charge on any atom is -0.352 e. The summed E-state index contributed by atoms with van der Waals surface area (Å²) in [6.45, 7) is 2.47. The fourth-order valence-corrected chi connectivity index (χ4v) is 1.50. The number of nitrogens with one attached hydrogen (secondary N) is 1. The first-order valence-electron chi connectivity index (χ1n) is 4.84. The topological polar surface area (TPSA) is 29.1 Å². The Bertz CT molecular complexity index is 386. The molecule has 0 spiro atoms. The van der Waals surface area contributed by atoms with Crippen molar-refractivity contribution < 1.29 is 9.18 Å². The molecule has 88 valence electrons. The minimum absolute atomic E-state index is 0.0192. The number of carbonyl (C=O) groups is 1. The highest BCUT2D eigenvalue weighted by molar-refractivity contribution is 9.09. The largest absolute Gasteiger partial charge is 0.352 e. The number of amides is 1. The van der Waals surface area contributed by atoms with E-state index in [0.717, 1.165) is 5.33 Å². The molecule has 0 fully saturated rings. The molecule has 0 radical (unpaired) electrons. The number of rotatable bonds is 4. The van der Waals surface area contributed by atoms with Crippen LogP contribution >= 0.6 is 27.5 Å². The third kappa shape index (κ3) is 3.46. The molecule has 0 aliphatic carbocycles. The molecule has 1 aromatic rings. The van der Waals surface area contributed by atoms with Crippen LogP contribution in [0.1, 0.15) is 17.3 Å². The van der Waals surface area contributed by atoms with Crippen molar-refractivity contribution in [2.45, 2.75) is 6.92 Å². The van der Waals surface area contributed by atoms with Crippen molar-refractivity contribution in [3.05, 3.63) is 34.6 Å². The maximum atomic E-state index is 13.5. The van der Waals surface area contributed by atoms with Gasteiger partial charge in [-0.3, -0.25) is 4.79 Å². The lowest BCUT2D eigenvalue weighted by atomic mass is 10.1. The fourth-order valence-electron chi connectivity index (χ4n) is 1.10. The number of hydrogen-bond donors (Lipinski definition) is 1. The van der Waals surface area contributed by atoms with E-state index < -0.39 is 11.7 Å². The van der Waals surface area contributed by atoms with E-state index in [1.807, 2.05) is 6.92 Å². The molecule has 1 atom stereocenters. The highest BCUT2D eigenvalue weighted by atomic mass is 79.9. The molecule has 16 heavy (non-hydrogen) atoms. The number of benzene rings is 1. The number of hydrogen-bond acceptors (Lipinski definition) is 1. The van der Waals surface area contributed by atoms with E-state index in [1.54, 1.807) is 6.07 Å². The maximum absolute atomic E-state index is 13.5. The second-order valence-corrected chi connectivity index (χ2v) is 4.63. The van der Waals surface area contributed by atoms with Crippen molar-refractivity contribution in [2.75, 3.05) is 11.9 Å². The quantitative estimate of drug-likeness (QED) is 0.850. The molecule has 1 unspecified atom stereocenters. The number of alkyl halides is 1. The Morgan fingerprint density at radius 1 is 1.62 bits per heavy atom. The summed E-state index contributed by atoms with van der Waals surface area (Å²) in [6, 6.07) is 4.37. The van der Waals surface area contributed by atoms with E-state index in [9.17, 15) is 9.18 Å². The van der Waals surface area contributed by atoms with Crippen LogP contribution in [0.5, 0.6) is 0 Å². The molecule has 0 heterocycles. The Labute approximate surface area is 107 Å². The average molecular weight is 309 g/mol. The van der Waals surface area contributed by atoms with Crippen LogP contribution in [0.4, 0.5) is 4.39 Å². The maximum Gasteiger partial charge on any atom is 0.254 e. The summed E-state index contributed by atoms with van der Waals surface area (Å²) in [4.78, 5) is 11.6. The van der Waals surface area contributed by atoms with Gasteiger partial charge in [0.05, 0.1) is 10.6 Å². The molecule has 1 N–H and O–H groups in total. The van der Waals surface area contributed by atoms with Crippen LogP contribution in [0.15, 0.2) is 18.2 Å². The fraction of sp³-hybridized carbons (Fsp3) is 0.364. The zero-order valence-electron chi connectivity index (χ0n) is 8.77. The summed E-state index contributed by atoms with van der Waals surface area (Å²) in [7, 11) is 0. The van der Waals surface area contributed by atoms with E-state index in [1.165, 1.54) is 12.1 Å². The SMILES string of the molecule is CC(CBr)CNC(=O)c1cccc(Cl)c1F. The monoisotopic (exact) mass is 307 g/mol. The van der Waals surface area contributed by atoms with Gasteiger partial charge in [-0.05, 0) is 18.1 Å². The molecule has 0 bridgehead atoms. The van der Waals surface area contributed by atoms with Gasteiger partial charge in [0.15, 0.2) is 5.82 Å². The first-order valence-corrected chi connectivity index (χ1v) is 6.34. The first kappa shape index (κ1) is 13.5. The summed E-state index contributed by atoms with van der Waals surface area (Å²) in [5.74, 6) is -0.813. The van der Waals surface area contributed by atoms with Gasteiger partial charge in [-0.25, -0.2) is 4.39 Å². The van der Waals surface area contributed by atoms with Gasteiger partial charge >= 0.3 is 0 Å². The average Bonchev–Trinajstić information content (AvgIpc) is 2.29. The summed E-state index contributed by atoms with van der Waals surface area (Å²) >= 11 is 8.89. The third-order valence-corrected chi connectivity index (χ3v) is 3.47. The Morgan fingerprint density at radius 3 is 2.94 bits per heavy atom. The summed E-state index contributed by atoms with van der Waals surface area (Å²) in [6.07, 6.45) is 0. The lowest BCUT2D eigenvalue weighted by molar-refractivity contribution is 0.0945. The first-order chi connectivity index (χ1) is 7.56. The molecule has 0 saturated heterocycles. The van der Waals surface area contributed by atoms with Crippen LogP contribution in [0.2, 0.25) is 5.02 Å². The third-order valence-electron chi connectivity index (χ3n) is 2.07. The zero-order chi connectivity index (χ0) is 12.1.